The van der Waals surface area contributed by atoms with Crippen molar-refractivity contribution in [3.8, 4) is 0 Å². The van der Waals surface area contributed by atoms with Crippen LogP contribution in [0.4, 0.5) is 0 Å². The third-order valence-corrected chi connectivity index (χ3v) is 2.93. The monoisotopic (exact) mass is 228 g/mol. The summed E-state index contributed by atoms with van der Waals surface area (Å²) in [7, 11) is 0. The van der Waals surface area contributed by atoms with Crippen molar-refractivity contribution in [1.82, 2.24) is 10.4 Å². The SMILES string of the molecule is CCCCCCNN(CCCC)CCCC. The highest BCUT2D eigenvalue weighted by atomic mass is 15.5. The van der Waals surface area contributed by atoms with Crippen LogP contribution in [0.25, 0.3) is 0 Å². The van der Waals surface area contributed by atoms with Gasteiger partial charge >= 0.3 is 0 Å². The van der Waals surface area contributed by atoms with Crippen molar-refractivity contribution in [1.29, 1.82) is 0 Å². The van der Waals surface area contributed by atoms with Gasteiger partial charge in [0.1, 0.15) is 0 Å². The summed E-state index contributed by atoms with van der Waals surface area (Å²) >= 11 is 0. The largest absolute Gasteiger partial charge is 0.255 e. The van der Waals surface area contributed by atoms with Crippen LogP contribution in [0.2, 0.25) is 0 Å². The van der Waals surface area contributed by atoms with Gasteiger partial charge in [-0.1, -0.05) is 52.9 Å². The average Bonchev–Trinajstić information content (AvgIpc) is 2.31. The minimum atomic E-state index is 1.16. The lowest BCUT2D eigenvalue weighted by molar-refractivity contribution is 0.180. The predicted molar refractivity (Wildman–Crippen MR) is 73.5 cm³/mol. The normalized spacial score (nSPS) is 11.2. The van der Waals surface area contributed by atoms with Gasteiger partial charge in [-0.2, -0.15) is 0 Å². The van der Waals surface area contributed by atoms with Crippen LogP contribution in [-0.4, -0.2) is 24.6 Å². The summed E-state index contributed by atoms with van der Waals surface area (Å²) in [5, 5.41) is 2.43. The Bertz CT molecular complexity index is 118. The van der Waals surface area contributed by atoms with Crippen LogP contribution >= 0.6 is 0 Å². The number of hydrogen-bond acceptors (Lipinski definition) is 2. The topological polar surface area (TPSA) is 15.3 Å². The Morgan fingerprint density at radius 1 is 0.688 bits per heavy atom. The first-order valence-corrected chi connectivity index (χ1v) is 7.33. The summed E-state index contributed by atoms with van der Waals surface area (Å²) in [6.45, 7) is 10.4. The minimum Gasteiger partial charge on any atom is -0.255 e. The highest BCUT2D eigenvalue weighted by molar-refractivity contribution is 4.53. The van der Waals surface area contributed by atoms with Gasteiger partial charge in [0.15, 0.2) is 0 Å². The molecule has 0 aromatic carbocycles. The standard InChI is InChI=1S/C14H32N2/c1-4-7-10-11-12-15-16(13-8-5-2)14-9-6-3/h15H,4-14H2,1-3H3. The molecule has 16 heavy (non-hydrogen) atoms. The van der Waals surface area contributed by atoms with Crippen molar-refractivity contribution < 1.29 is 0 Å². The molecule has 98 valence electrons. The van der Waals surface area contributed by atoms with E-state index in [0.29, 0.717) is 0 Å². The molecule has 0 atom stereocenters. The van der Waals surface area contributed by atoms with Crippen LogP contribution in [0.3, 0.4) is 0 Å². The van der Waals surface area contributed by atoms with Gasteiger partial charge in [0, 0.05) is 19.6 Å². The van der Waals surface area contributed by atoms with Crippen molar-refractivity contribution in [3.63, 3.8) is 0 Å². The average molecular weight is 228 g/mol. The molecular weight excluding hydrogens is 196 g/mol. The fraction of sp³-hybridized carbons (Fsp3) is 1.00. The van der Waals surface area contributed by atoms with E-state index in [-0.39, 0.29) is 0 Å². The molecule has 2 heteroatoms. The third-order valence-electron chi connectivity index (χ3n) is 2.93. The quantitative estimate of drug-likeness (QED) is 0.401. The maximum absolute atomic E-state index is 3.58. The highest BCUT2D eigenvalue weighted by Crippen LogP contribution is 1.99. The number of rotatable bonds is 12. The van der Waals surface area contributed by atoms with Crippen molar-refractivity contribution in [2.24, 2.45) is 0 Å². The number of hydrazine groups is 1. The molecule has 0 unspecified atom stereocenters. The number of nitrogens with zero attached hydrogens (tertiary/aromatic N) is 1. The van der Waals surface area contributed by atoms with Crippen LogP contribution in [0.5, 0.6) is 0 Å². The first kappa shape index (κ1) is 15.9. The second kappa shape index (κ2) is 13.0. The Morgan fingerprint density at radius 2 is 1.25 bits per heavy atom. The lowest BCUT2D eigenvalue weighted by Gasteiger charge is -2.23. The van der Waals surface area contributed by atoms with E-state index in [1.807, 2.05) is 0 Å². The van der Waals surface area contributed by atoms with Crippen molar-refractivity contribution >= 4 is 0 Å². The summed E-state index contributed by atoms with van der Waals surface area (Å²) in [6, 6.07) is 0. The minimum absolute atomic E-state index is 1.16. The van der Waals surface area contributed by atoms with Crippen LogP contribution in [-0.2, 0) is 0 Å². The van der Waals surface area contributed by atoms with Gasteiger partial charge in [-0.3, -0.25) is 5.43 Å². The Morgan fingerprint density at radius 3 is 1.75 bits per heavy atom. The molecule has 0 rings (SSSR count). The first-order valence-electron chi connectivity index (χ1n) is 7.33. The molecule has 0 saturated heterocycles. The first-order chi connectivity index (χ1) is 7.85. The van der Waals surface area contributed by atoms with E-state index in [1.165, 1.54) is 64.5 Å². The molecular formula is C14H32N2. The zero-order chi connectivity index (χ0) is 12.1. The molecule has 0 aliphatic heterocycles. The van der Waals surface area contributed by atoms with Gasteiger partial charge in [-0.15, -0.1) is 0 Å². The molecule has 0 fully saturated rings. The van der Waals surface area contributed by atoms with Crippen LogP contribution < -0.4 is 5.43 Å². The van der Waals surface area contributed by atoms with Gasteiger partial charge in [-0.05, 0) is 19.3 Å². The second-order valence-corrected chi connectivity index (χ2v) is 4.66. The van der Waals surface area contributed by atoms with E-state index in [2.05, 4.69) is 31.2 Å². The highest BCUT2D eigenvalue weighted by Gasteiger charge is 2.01. The lowest BCUT2D eigenvalue weighted by Crippen LogP contribution is -2.40. The van der Waals surface area contributed by atoms with E-state index < -0.39 is 0 Å². The van der Waals surface area contributed by atoms with Gasteiger partial charge in [0.05, 0.1) is 0 Å². The summed E-state index contributed by atoms with van der Waals surface area (Å²) in [4.78, 5) is 0. The molecule has 0 bridgehead atoms. The van der Waals surface area contributed by atoms with E-state index in [0.717, 1.165) is 6.54 Å². The molecule has 0 aliphatic rings. The zero-order valence-corrected chi connectivity index (χ0v) is 11.7. The van der Waals surface area contributed by atoms with Crippen molar-refractivity contribution in [3.05, 3.63) is 0 Å². The van der Waals surface area contributed by atoms with E-state index >= 15 is 0 Å². The van der Waals surface area contributed by atoms with Crippen molar-refractivity contribution in [2.45, 2.75) is 72.1 Å². The Kier molecular flexibility index (Phi) is 12.9. The summed E-state index contributed by atoms with van der Waals surface area (Å²) in [5.74, 6) is 0. The Labute approximate surface area is 103 Å². The Balaban J connectivity index is 3.48. The second-order valence-electron chi connectivity index (χ2n) is 4.66. The number of hydrogen-bond donors (Lipinski definition) is 1. The molecule has 0 heterocycles. The molecule has 0 aliphatic carbocycles. The molecule has 0 aromatic heterocycles. The maximum Gasteiger partial charge on any atom is 0.0130 e. The third kappa shape index (κ3) is 10.4. The van der Waals surface area contributed by atoms with E-state index in [4.69, 9.17) is 0 Å². The molecule has 1 N–H and O–H groups in total. The number of unbranched alkanes of at least 4 members (excludes halogenated alkanes) is 5. The molecule has 2 nitrogen and oxygen atoms in total. The molecule has 0 amide bonds. The smallest absolute Gasteiger partial charge is 0.0130 e. The van der Waals surface area contributed by atoms with Gasteiger partial charge in [-0.25, -0.2) is 5.01 Å². The lowest BCUT2D eigenvalue weighted by atomic mass is 10.2. The van der Waals surface area contributed by atoms with E-state index in [1.54, 1.807) is 0 Å². The number of nitrogens with one attached hydrogen (secondary N) is 1. The summed E-state index contributed by atoms with van der Waals surface area (Å²) in [6.07, 6.45) is 10.6. The molecule has 0 radical (unpaired) electrons. The molecule has 0 saturated carbocycles. The fourth-order valence-electron chi connectivity index (χ4n) is 1.76. The maximum atomic E-state index is 3.58. The van der Waals surface area contributed by atoms with Crippen LogP contribution in [0, 0.1) is 0 Å². The summed E-state index contributed by atoms with van der Waals surface area (Å²) in [5.41, 5.74) is 3.58. The predicted octanol–water partition coefficient (Wildman–Crippen LogP) is 3.97. The fourth-order valence-corrected chi connectivity index (χ4v) is 1.76. The van der Waals surface area contributed by atoms with Gasteiger partial charge in [0.2, 0.25) is 0 Å². The van der Waals surface area contributed by atoms with E-state index in [9.17, 15) is 0 Å². The van der Waals surface area contributed by atoms with Gasteiger partial charge in [0.25, 0.3) is 0 Å². The van der Waals surface area contributed by atoms with Crippen molar-refractivity contribution in [2.75, 3.05) is 19.6 Å². The van der Waals surface area contributed by atoms with Crippen LogP contribution in [0.1, 0.15) is 72.1 Å². The molecule has 0 aromatic rings. The molecule has 0 spiro atoms. The zero-order valence-electron chi connectivity index (χ0n) is 11.7. The van der Waals surface area contributed by atoms with Gasteiger partial charge < -0.3 is 0 Å². The van der Waals surface area contributed by atoms with Crippen LogP contribution in [0.15, 0.2) is 0 Å². The summed E-state index contributed by atoms with van der Waals surface area (Å²) < 4.78 is 0. The Hall–Kier alpha value is -0.0800.